The molecule has 1 saturated heterocycles. The monoisotopic (exact) mass is 562 g/mol. The first-order valence-corrected chi connectivity index (χ1v) is 13.1. The van der Waals surface area contributed by atoms with E-state index in [1.54, 1.807) is 30.3 Å². The molecular weight excluding hydrogens is 529 g/mol. The van der Waals surface area contributed by atoms with E-state index < -0.39 is 25.2 Å². The number of carbonyl (C=O) groups is 1. The van der Waals surface area contributed by atoms with Crippen molar-refractivity contribution in [3.8, 4) is 0 Å². The molecule has 2 amide bonds. The molecule has 0 unspecified atom stereocenters. The van der Waals surface area contributed by atoms with Crippen LogP contribution in [-0.2, 0) is 6.54 Å². The summed E-state index contributed by atoms with van der Waals surface area (Å²) < 4.78 is 39.1. The van der Waals surface area contributed by atoms with Crippen molar-refractivity contribution in [2.75, 3.05) is 26.2 Å². The van der Waals surface area contributed by atoms with Gasteiger partial charge >= 0.3 is 12.2 Å². The van der Waals surface area contributed by atoms with E-state index in [0.717, 1.165) is 27.3 Å². The molecule has 0 aromatic heterocycles. The summed E-state index contributed by atoms with van der Waals surface area (Å²) in [6.07, 6.45) is -5.14. The molecule has 2 aromatic rings. The highest BCUT2D eigenvalue weighted by atomic mass is 35.5. The Morgan fingerprint density at radius 3 is 2.54 bits per heavy atom. The van der Waals surface area contributed by atoms with Crippen molar-refractivity contribution in [3.63, 3.8) is 0 Å². The highest BCUT2D eigenvalue weighted by Crippen LogP contribution is 2.22. The molecule has 1 aliphatic rings. The van der Waals surface area contributed by atoms with E-state index in [2.05, 4.69) is 15.6 Å². The fourth-order valence-electron chi connectivity index (χ4n) is 4.08. The number of nitrogens with two attached hydrogens (primary N) is 1. The second-order valence-electron chi connectivity index (χ2n) is 9.59. The third-order valence-corrected chi connectivity index (χ3v) is 6.76. The quantitative estimate of drug-likeness (QED) is 0.248. The molecule has 0 atom stereocenters. The number of hydrogen-bond acceptors (Lipinski definition) is 5. The van der Waals surface area contributed by atoms with Crippen LogP contribution in [-0.4, -0.2) is 54.8 Å². The van der Waals surface area contributed by atoms with Gasteiger partial charge in [0.25, 0.3) is 0 Å². The third kappa shape index (κ3) is 8.83. The van der Waals surface area contributed by atoms with E-state index in [1.165, 1.54) is 0 Å². The molecule has 1 aliphatic heterocycles. The summed E-state index contributed by atoms with van der Waals surface area (Å²) in [7, 11) is 0. The summed E-state index contributed by atoms with van der Waals surface area (Å²) in [6, 6.07) is 13.4. The Labute approximate surface area is 231 Å². The van der Waals surface area contributed by atoms with Gasteiger partial charge < -0.3 is 16.4 Å². The zero-order valence-electron chi connectivity index (χ0n) is 22.0. The lowest BCUT2D eigenvalue weighted by Gasteiger charge is -2.25. The summed E-state index contributed by atoms with van der Waals surface area (Å²) in [5.41, 5.74) is 10.4. The number of urea groups is 1. The molecule has 0 saturated carbocycles. The molecule has 39 heavy (non-hydrogen) atoms. The van der Waals surface area contributed by atoms with Gasteiger partial charge in [-0.25, -0.2) is 4.79 Å². The fraction of sp³-hybridized carbons (Fsp3) is 0.393. The summed E-state index contributed by atoms with van der Waals surface area (Å²) in [6.45, 7) is 4.76. The summed E-state index contributed by atoms with van der Waals surface area (Å²) in [5, 5.41) is 14.9. The first-order valence-electron chi connectivity index (χ1n) is 12.7. The minimum Gasteiger partial charge on any atom is -0.400 e. The number of hydrogen-bond donors (Lipinski definition) is 4. The number of rotatable bonds is 8. The van der Waals surface area contributed by atoms with E-state index in [-0.39, 0.29) is 18.3 Å². The van der Waals surface area contributed by atoms with Crippen LogP contribution >= 0.6 is 11.6 Å². The van der Waals surface area contributed by atoms with Crippen molar-refractivity contribution >= 4 is 29.2 Å². The maximum absolute atomic E-state index is 13.0. The second-order valence-corrected chi connectivity index (χ2v) is 9.99. The van der Waals surface area contributed by atoms with E-state index in [4.69, 9.17) is 22.7 Å². The van der Waals surface area contributed by atoms with Crippen molar-refractivity contribution in [1.82, 2.24) is 15.5 Å². The molecule has 11 heteroatoms. The number of amides is 2. The van der Waals surface area contributed by atoms with E-state index in [9.17, 15) is 18.0 Å². The Balaban J connectivity index is 1.75. The Morgan fingerprint density at radius 1 is 1.21 bits per heavy atom. The van der Waals surface area contributed by atoms with Crippen LogP contribution in [0.15, 0.2) is 64.8 Å². The van der Waals surface area contributed by atoms with Gasteiger partial charge in [0, 0.05) is 29.4 Å². The van der Waals surface area contributed by atoms with Crippen LogP contribution in [0.2, 0.25) is 5.02 Å². The molecule has 0 spiro atoms. The predicted molar refractivity (Wildman–Crippen MR) is 149 cm³/mol. The SMILES string of the molecule is CC(C)c1ccc(C(=N)N(CCC(F)(F)F)C(=O)NC/C(N)=C2\CCNCC2=NCc2ccccc2Cl)cc1. The van der Waals surface area contributed by atoms with Crippen LogP contribution < -0.4 is 16.4 Å². The van der Waals surface area contributed by atoms with Crippen LogP contribution in [0.1, 0.15) is 49.3 Å². The van der Waals surface area contributed by atoms with Crippen LogP contribution in [0.25, 0.3) is 0 Å². The van der Waals surface area contributed by atoms with Crippen molar-refractivity contribution in [3.05, 3.63) is 81.5 Å². The van der Waals surface area contributed by atoms with Gasteiger partial charge in [0.2, 0.25) is 0 Å². The maximum atomic E-state index is 13.0. The van der Waals surface area contributed by atoms with Gasteiger partial charge in [0.15, 0.2) is 0 Å². The first-order chi connectivity index (χ1) is 18.5. The number of amidine groups is 1. The van der Waals surface area contributed by atoms with Crippen molar-refractivity contribution in [2.24, 2.45) is 10.7 Å². The topological polar surface area (TPSA) is 107 Å². The molecule has 1 fully saturated rings. The number of carbonyl (C=O) groups excluding carboxylic acids is 1. The molecular formula is C28H34ClF3N6O. The molecule has 0 radical (unpaired) electrons. The average molecular weight is 563 g/mol. The Kier molecular flexibility index (Phi) is 10.5. The summed E-state index contributed by atoms with van der Waals surface area (Å²) >= 11 is 6.24. The normalized spacial score (nSPS) is 16.3. The second kappa shape index (κ2) is 13.6. The van der Waals surface area contributed by atoms with Gasteiger partial charge in [0.05, 0.1) is 25.2 Å². The highest BCUT2D eigenvalue weighted by molar-refractivity contribution is 6.31. The number of alkyl halides is 3. The molecule has 5 N–H and O–H groups in total. The van der Waals surface area contributed by atoms with Gasteiger partial charge in [-0.15, -0.1) is 0 Å². The van der Waals surface area contributed by atoms with E-state index >= 15 is 0 Å². The molecule has 1 heterocycles. The lowest BCUT2D eigenvalue weighted by Crippen LogP contribution is -2.46. The van der Waals surface area contributed by atoms with E-state index in [1.807, 2.05) is 32.0 Å². The zero-order chi connectivity index (χ0) is 28.6. The van der Waals surface area contributed by atoms with E-state index in [0.29, 0.717) is 42.3 Å². The number of aliphatic imine (C=N–C) groups is 1. The Hall–Kier alpha value is -3.37. The fourth-order valence-corrected chi connectivity index (χ4v) is 4.28. The molecule has 7 nitrogen and oxygen atoms in total. The summed E-state index contributed by atoms with van der Waals surface area (Å²) in [5.74, 6) is -0.0656. The van der Waals surface area contributed by atoms with Gasteiger partial charge in [-0.1, -0.05) is 67.9 Å². The number of nitrogens with zero attached hydrogens (tertiary/aromatic N) is 2. The zero-order valence-corrected chi connectivity index (χ0v) is 22.8. The molecule has 0 aliphatic carbocycles. The Morgan fingerprint density at radius 2 is 1.90 bits per heavy atom. The van der Waals surface area contributed by atoms with Gasteiger partial charge in [-0.2, -0.15) is 13.2 Å². The predicted octanol–water partition coefficient (Wildman–Crippen LogP) is 5.60. The average Bonchev–Trinajstić information content (AvgIpc) is 2.90. The summed E-state index contributed by atoms with van der Waals surface area (Å²) in [4.78, 5) is 18.5. The van der Waals surface area contributed by atoms with Crippen LogP contribution in [0.4, 0.5) is 18.0 Å². The molecule has 3 rings (SSSR count). The van der Waals surface area contributed by atoms with Crippen LogP contribution in [0.5, 0.6) is 0 Å². The minimum atomic E-state index is -4.48. The van der Waals surface area contributed by atoms with Crippen LogP contribution in [0, 0.1) is 5.41 Å². The molecule has 2 aromatic carbocycles. The van der Waals surface area contributed by atoms with Crippen LogP contribution in [0.3, 0.4) is 0 Å². The number of nitrogens with one attached hydrogen (secondary N) is 3. The maximum Gasteiger partial charge on any atom is 0.390 e. The smallest absolute Gasteiger partial charge is 0.390 e. The van der Waals surface area contributed by atoms with Gasteiger partial charge in [0.1, 0.15) is 5.84 Å². The minimum absolute atomic E-state index is 0.0959. The lowest BCUT2D eigenvalue weighted by molar-refractivity contribution is -0.135. The largest absolute Gasteiger partial charge is 0.400 e. The number of halogens is 4. The standard InChI is InChI=1S/C28H34ClF3N6O/c1-18(2)19-7-9-20(10-8-19)26(34)38(14-12-28(30,31)32)27(39)37-16-24(33)22-11-13-35-17-25(22)36-15-21-5-3-4-6-23(21)29/h3-10,18,34-35H,11-17,33H2,1-2H3,(H,37,39)/b24-22-,34-26?,36-25?. The lowest BCUT2D eigenvalue weighted by atomic mass is 10.0. The Bertz CT molecular complexity index is 1220. The van der Waals surface area contributed by atoms with Crippen molar-refractivity contribution in [1.29, 1.82) is 5.41 Å². The molecule has 0 bridgehead atoms. The van der Waals surface area contributed by atoms with Gasteiger partial charge in [-0.05, 0) is 41.6 Å². The molecule has 210 valence electrons. The first kappa shape index (κ1) is 30.2. The van der Waals surface area contributed by atoms with Gasteiger partial charge in [-0.3, -0.25) is 15.3 Å². The number of piperidine rings is 1. The highest BCUT2D eigenvalue weighted by Gasteiger charge is 2.31. The van der Waals surface area contributed by atoms with Crippen molar-refractivity contribution < 1.29 is 18.0 Å². The van der Waals surface area contributed by atoms with Crippen molar-refractivity contribution in [2.45, 2.75) is 45.3 Å². The number of benzene rings is 2. The third-order valence-electron chi connectivity index (χ3n) is 6.39.